The largest absolute Gasteiger partial charge is 0.487 e. The molecule has 2 heterocycles. The second-order valence-corrected chi connectivity index (χ2v) is 11.2. The predicted molar refractivity (Wildman–Crippen MR) is 134 cm³/mol. The summed E-state index contributed by atoms with van der Waals surface area (Å²) >= 11 is 0. The van der Waals surface area contributed by atoms with E-state index in [1.807, 2.05) is 20.8 Å². The second-order valence-electron chi connectivity index (χ2n) is 9.68. The van der Waals surface area contributed by atoms with Gasteiger partial charge in [-0.2, -0.15) is 8.42 Å². The molecule has 4 N–H and O–H groups in total. The fraction of sp³-hybridized carbons (Fsp3) is 0.583. The molecule has 2 aliphatic heterocycles. The Labute approximate surface area is 202 Å². The van der Waals surface area contributed by atoms with Crippen LogP contribution in [-0.2, 0) is 21.2 Å². The lowest BCUT2D eigenvalue weighted by Crippen LogP contribution is -2.46. The number of nitrogens with zero attached hydrogens (tertiary/aromatic N) is 2. The molecule has 1 aromatic carbocycles. The minimum atomic E-state index is -4.02. The number of nitrogens with one attached hydrogen (secondary N) is 2. The average Bonchev–Trinajstić information content (AvgIpc) is 3.10. The molecule has 1 fully saturated rings. The van der Waals surface area contributed by atoms with E-state index in [9.17, 15) is 13.2 Å². The molecule has 34 heavy (non-hydrogen) atoms. The summed E-state index contributed by atoms with van der Waals surface area (Å²) in [5, 5.41) is 6.06. The van der Waals surface area contributed by atoms with Crippen LogP contribution >= 0.6 is 0 Å². The van der Waals surface area contributed by atoms with Crippen LogP contribution in [0.1, 0.15) is 48.9 Å². The van der Waals surface area contributed by atoms with Crippen molar-refractivity contribution in [3.63, 3.8) is 0 Å². The normalized spacial score (nSPS) is 17.8. The maximum Gasteiger partial charge on any atom is 0.286 e. The van der Waals surface area contributed by atoms with Gasteiger partial charge in [0, 0.05) is 50.3 Å². The summed E-state index contributed by atoms with van der Waals surface area (Å²) in [6.45, 7) is 16.6. The zero-order valence-electron chi connectivity index (χ0n) is 20.9. The molecule has 9 nitrogen and oxygen atoms in total. The van der Waals surface area contributed by atoms with Crippen molar-refractivity contribution in [3.8, 4) is 5.75 Å². The lowest BCUT2D eigenvalue weighted by Gasteiger charge is -2.28. The SMILES string of the molecule is C=C(CCCN/C(N)=N/S(=O)(=O)c1c(C)c(C)c2c(c1C)CC(C)(C)O2)C(=O)N1CCNCC1. The van der Waals surface area contributed by atoms with Gasteiger partial charge in [-0.1, -0.05) is 6.58 Å². The summed E-state index contributed by atoms with van der Waals surface area (Å²) in [6.07, 6.45) is 1.70. The van der Waals surface area contributed by atoms with E-state index >= 15 is 0 Å². The maximum atomic E-state index is 13.2. The molecule has 0 atom stereocenters. The maximum absolute atomic E-state index is 13.2. The van der Waals surface area contributed by atoms with Gasteiger partial charge in [-0.15, -0.1) is 4.40 Å². The highest BCUT2D eigenvalue weighted by molar-refractivity contribution is 7.90. The molecule has 1 saturated heterocycles. The summed E-state index contributed by atoms with van der Waals surface area (Å²) in [5.74, 6) is 0.563. The van der Waals surface area contributed by atoms with Gasteiger partial charge in [-0.25, -0.2) is 0 Å². The van der Waals surface area contributed by atoms with E-state index in [0.717, 1.165) is 30.0 Å². The fourth-order valence-corrected chi connectivity index (χ4v) is 6.02. The highest BCUT2D eigenvalue weighted by Crippen LogP contribution is 2.44. The van der Waals surface area contributed by atoms with Gasteiger partial charge in [0.2, 0.25) is 11.9 Å². The number of sulfonamides is 1. The first-order valence-corrected chi connectivity index (χ1v) is 13.1. The smallest absolute Gasteiger partial charge is 0.286 e. The number of amides is 1. The van der Waals surface area contributed by atoms with Gasteiger partial charge >= 0.3 is 0 Å². The molecule has 188 valence electrons. The minimum absolute atomic E-state index is 0.0317. The Hall–Kier alpha value is -2.59. The molecule has 2 aliphatic rings. The third kappa shape index (κ3) is 5.55. The third-order valence-electron chi connectivity index (χ3n) is 6.44. The van der Waals surface area contributed by atoms with Crippen LogP contribution in [0.3, 0.4) is 0 Å². The molecule has 0 unspecified atom stereocenters. The average molecular weight is 492 g/mol. The van der Waals surface area contributed by atoms with Crippen LogP contribution in [0, 0.1) is 20.8 Å². The Morgan fingerprint density at radius 1 is 1.21 bits per heavy atom. The number of nitrogens with two attached hydrogens (primary N) is 1. The number of piperazine rings is 1. The molecule has 0 aliphatic carbocycles. The van der Waals surface area contributed by atoms with Crippen molar-refractivity contribution in [3.05, 3.63) is 34.4 Å². The molecule has 0 aromatic heterocycles. The van der Waals surface area contributed by atoms with Crippen LogP contribution in [0.2, 0.25) is 0 Å². The molecular formula is C24H37N5O4S. The zero-order chi connectivity index (χ0) is 25.3. The number of hydrogen-bond donors (Lipinski definition) is 3. The molecule has 0 spiro atoms. The number of ether oxygens (including phenoxy) is 1. The van der Waals surface area contributed by atoms with E-state index in [0.29, 0.717) is 55.6 Å². The van der Waals surface area contributed by atoms with E-state index in [2.05, 4.69) is 21.6 Å². The van der Waals surface area contributed by atoms with E-state index in [1.54, 1.807) is 18.7 Å². The van der Waals surface area contributed by atoms with E-state index in [1.165, 1.54) is 0 Å². The summed E-state index contributed by atoms with van der Waals surface area (Å²) in [4.78, 5) is 14.4. The van der Waals surface area contributed by atoms with Gasteiger partial charge in [0.1, 0.15) is 11.4 Å². The quantitative estimate of drug-likeness (QED) is 0.229. The zero-order valence-corrected chi connectivity index (χ0v) is 21.7. The Bertz CT molecular complexity index is 1120. The predicted octanol–water partition coefficient (Wildman–Crippen LogP) is 1.69. The number of hydrogen-bond acceptors (Lipinski definition) is 5. The Morgan fingerprint density at radius 2 is 1.85 bits per heavy atom. The minimum Gasteiger partial charge on any atom is -0.487 e. The van der Waals surface area contributed by atoms with Crippen molar-refractivity contribution in [2.24, 2.45) is 10.1 Å². The standard InChI is InChI=1S/C24H37N5O4S/c1-15(22(30)29-12-10-26-11-13-29)8-7-9-27-23(25)28-34(31,32)21-17(3)16(2)20-19(18(21)4)14-24(5,6)33-20/h26H,1,7-14H2,2-6H3,(H3,25,27,28). The van der Waals surface area contributed by atoms with Gasteiger partial charge in [-0.05, 0) is 64.2 Å². The van der Waals surface area contributed by atoms with Crippen LogP contribution in [0.4, 0.5) is 0 Å². The molecule has 0 saturated carbocycles. The highest BCUT2D eigenvalue weighted by Gasteiger charge is 2.36. The summed E-state index contributed by atoms with van der Waals surface area (Å²) < 4.78 is 36.3. The van der Waals surface area contributed by atoms with Gasteiger partial charge < -0.3 is 26.0 Å². The summed E-state index contributed by atoms with van der Waals surface area (Å²) in [6, 6.07) is 0. The van der Waals surface area contributed by atoms with Crippen molar-refractivity contribution in [2.45, 2.75) is 64.4 Å². The first-order chi connectivity index (χ1) is 15.8. The van der Waals surface area contributed by atoms with Crippen molar-refractivity contribution >= 4 is 21.9 Å². The molecule has 1 aromatic rings. The van der Waals surface area contributed by atoms with Crippen LogP contribution in [0.5, 0.6) is 5.75 Å². The van der Waals surface area contributed by atoms with Crippen LogP contribution in [-0.4, -0.2) is 63.5 Å². The number of fused-ring (bicyclic) bond motifs is 1. The Kier molecular flexibility index (Phi) is 7.62. The number of carbonyl (C=O) groups is 1. The Balaban J connectivity index is 1.64. The Morgan fingerprint density at radius 3 is 2.50 bits per heavy atom. The third-order valence-corrected chi connectivity index (χ3v) is 8.00. The van der Waals surface area contributed by atoms with Gasteiger partial charge in [0.05, 0.1) is 4.90 Å². The van der Waals surface area contributed by atoms with Gasteiger partial charge in [0.15, 0.2) is 0 Å². The molecule has 10 heteroatoms. The molecule has 0 radical (unpaired) electrons. The number of benzene rings is 1. The van der Waals surface area contributed by atoms with Crippen molar-refractivity contribution in [1.29, 1.82) is 0 Å². The molecule has 1 amide bonds. The number of guanidine groups is 1. The van der Waals surface area contributed by atoms with Gasteiger partial charge in [0.25, 0.3) is 10.0 Å². The topological polar surface area (TPSA) is 126 Å². The monoisotopic (exact) mass is 491 g/mol. The molecule has 3 rings (SSSR count). The summed E-state index contributed by atoms with van der Waals surface area (Å²) in [5.41, 5.74) is 9.05. The molecule has 0 bridgehead atoms. The lowest BCUT2D eigenvalue weighted by atomic mass is 9.94. The molecular weight excluding hydrogens is 454 g/mol. The van der Waals surface area contributed by atoms with E-state index in [4.69, 9.17) is 10.5 Å². The number of carbonyl (C=O) groups excluding carboxylic acids is 1. The van der Waals surface area contributed by atoms with Gasteiger partial charge in [-0.3, -0.25) is 4.79 Å². The van der Waals surface area contributed by atoms with Crippen LogP contribution < -0.4 is 21.1 Å². The van der Waals surface area contributed by atoms with E-state index < -0.39 is 10.0 Å². The highest BCUT2D eigenvalue weighted by atomic mass is 32.2. The van der Waals surface area contributed by atoms with Crippen LogP contribution in [0.15, 0.2) is 21.4 Å². The lowest BCUT2D eigenvalue weighted by molar-refractivity contribution is -0.127. The van der Waals surface area contributed by atoms with Crippen molar-refractivity contribution in [1.82, 2.24) is 15.5 Å². The second kappa shape index (κ2) is 9.95. The van der Waals surface area contributed by atoms with Crippen molar-refractivity contribution < 1.29 is 17.9 Å². The fourth-order valence-electron chi connectivity index (χ4n) is 4.56. The van der Waals surface area contributed by atoms with Crippen LogP contribution in [0.25, 0.3) is 0 Å². The van der Waals surface area contributed by atoms with Crippen molar-refractivity contribution in [2.75, 3.05) is 32.7 Å². The first-order valence-electron chi connectivity index (χ1n) is 11.7. The number of rotatable bonds is 7. The first kappa shape index (κ1) is 26.0. The van der Waals surface area contributed by atoms with E-state index in [-0.39, 0.29) is 22.4 Å². The summed E-state index contributed by atoms with van der Waals surface area (Å²) in [7, 11) is -4.02.